The van der Waals surface area contributed by atoms with Gasteiger partial charge >= 0.3 is 0 Å². The fourth-order valence-corrected chi connectivity index (χ4v) is 5.05. The molecule has 0 aromatic heterocycles. The minimum absolute atomic E-state index is 0.0194. The van der Waals surface area contributed by atoms with Crippen LogP contribution in [0.3, 0.4) is 0 Å². The molecule has 3 aliphatic rings. The van der Waals surface area contributed by atoms with E-state index >= 15 is 0 Å². The fraction of sp³-hybridized carbons (Fsp3) is 1.00. The summed E-state index contributed by atoms with van der Waals surface area (Å²) in [5.74, 6) is 1.46. The minimum atomic E-state index is -0.728. The lowest BCUT2D eigenvalue weighted by molar-refractivity contribution is -0.110. The third-order valence-electron chi connectivity index (χ3n) is 5.63. The normalized spacial score (nSPS) is 60.6. The first-order valence-corrected chi connectivity index (χ1v) is 5.96. The van der Waals surface area contributed by atoms with Crippen molar-refractivity contribution in [3.05, 3.63) is 0 Å². The van der Waals surface area contributed by atoms with Gasteiger partial charge in [-0.15, -0.1) is 0 Å². The zero-order valence-corrected chi connectivity index (χ0v) is 8.87. The van der Waals surface area contributed by atoms with Gasteiger partial charge in [-0.25, -0.2) is 0 Å². The van der Waals surface area contributed by atoms with Gasteiger partial charge < -0.3 is 10.2 Å². The standard InChI is InChI=1S/C12H20O2/c1-11-6-5-9-8(11)3-2-4-10(11)12(9,14)7-13/h8-10,13-14H,2-7H2,1H3/t8?,9-,10-,11+,12-/m0/s1. The molecular weight excluding hydrogens is 176 g/mol. The van der Waals surface area contributed by atoms with Crippen LogP contribution >= 0.6 is 0 Å². The molecule has 0 aromatic rings. The summed E-state index contributed by atoms with van der Waals surface area (Å²) >= 11 is 0. The van der Waals surface area contributed by atoms with E-state index in [1.54, 1.807) is 0 Å². The van der Waals surface area contributed by atoms with Gasteiger partial charge in [-0.2, -0.15) is 0 Å². The third-order valence-corrected chi connectivity index (χ3v) is 5.63. The molecular formula is C12H20O2. The van der Waals surface area contributed by atoms with Gasteiger partial charge in [0.15, 0.2) is 0 Å². The molecule has 80 valence electrons. The Morgan fingerprint density at radius 1 is 1.21 bits per heavy atom. The van der Waals surface area contributed by atoms with Crippen molar-refractivity contribution in [2.75, 3.05) is 6.61 Å². The highest BCUT2D eigenvalue weighted by Crippen LogP contribution is 2.70. The summed E-state index contributed by atoms with van der Waals surface area (Å²) in [6.07, 6.45) is 6.06. The van der Waals surface area contributed by atoms with Gasteiger partial charge in [-0.05, 0) is 48.9 Å². The Morgan fingerprint density at radius 3 is 2.64 bits per heavy atom. The Kier molecular flexibility index (Phi) is 1.66. The summed E-state index contributed by atoms with van der Waals surface area (Å²) in [6, 6.07) is 0. The van der Waals surface area contributed by atoms with Crippen LogP contribution in [-0.2, 0) is 0 Å². The van der Waals surface area contributed by atoms with Gasteiger partial charge in [0, 0.05) is 0 Å². The summed E-state index contributed by atoms with van der Waals surface area (Å²) in [5.41, 5.74) is -0.380. The molecule has 14 heavy (non-hydrogen) atoms. The van der Waals surface area contributed by atoms with Crippen molar-refractivity contribution in [1.29, 1.82) is 0 Å². The van der Waals surface area contributed by atoms with Crippen LogP contribution in [0.1, 0.15) is 39.0 Å². The second kappa shape index (κ2) is 2.53. The first-order chi connectivity index (χ1) is 6.63. The van der Waals surface area contributed by atoms with Gasteiger partial charge in [0.05, 0.1) is 12.2 Å². The van der Waals surface area contributed by atoms with E-state index in [0.29, 0.717) is 23.2 Å². The second-order valence-corrected chi connectivity index (χ2v) is 5.89. The van der Waals surface area contributed by atoms with Crippen LogP contribution < -0.4 is 0 Å². The molecule has 2 N–H and O–H groups in total. The van der Waals surface area contributed by atoms with Gasteiger partial charge in [0.25, 0.3) is 0 Å². The Labute approximate surface area is 85.3 Å². The minimum Gasteiger partial charge on any atom is -0.393 e. The molecule has 0 aromatic carbocycles. The average molecular weight is 196 g/mol. The maximum Gasteiger partial charge on any atom is 0.0941 e. The number of aliphatic hydroxyl groups is 2. The van der Waals surface area contributed by atoms with Crippen LogP contribution in [0.15, 0.2) is 0 Å². The van der Waals surface area contributed by atoms with Crippen molar-refractivity contribution in [3.8, 4) is 0 Å². The quantitative estimate of drug-likeness (QED) is 0.668. The summed E-state index contributed by atoms with van der Waals surface area (Å²) in [5, 5.41) is 20.0. The highest BCUT2D eigenvalue weighted by atomic mass is 16.3. The van der Waals surface area contributed by atoms with Crippen LogP contribution in [0, 0.1) is 23.2 Å². The van der Waals surface area contributed by atoms with Crippen LogP contribution in [0.25, 0.3) is 0 Å². The highest BCUT2D eigenvalue weighted by molar-refractivity contribution is 5.18. The smallest absolute Gasteiger partial charge is 0.0941 e. The predicted octanol–water partition coefficient (Wildman–Crippen LogP) is 1.56. The molecule has 0 saturated heterocycles. The maximum absolute atomic E-state index is 10.6. The van der Waals surface area contributed by atoms with Crippen molar-refractivity contribution in [1.82, 2.24) is 0 Å². The Bertz CT molecular complexity index is 265. The number of hydrogen-bond acceptors (Lipinski definition) is 2. The lowest BCUT2D eigenvalue weighted by Gasteiger charge is -2.44. The molecule has 5 atom stereocenters. The van der Waals surface area contributed by atoms with Gasteiger partial charge in [0.2, 0.25) is 0 Å². The Morgan fingerprint density at radius 2 is 2.00 bits per heavy atom. The van der Waals surface area contributed by atoms with E-state index in [0.717, 1.165) is 12.8 Å². The van der Waals surface area contributed by atoms with E-state index in [2.05, 4.69) is 6.92 Å². The predicted molar refractivity (Wildman–Crippen MR) is 53.7 cm³/mol. The molecule has 3 fully saturated rings. The number of aliphatic hydroxyl groups excluding tert-OH is 1. The monoisotopic (exact) mass is 196 g/mol. The van der Waals surface area contributed by atoms with Crippen molar-refractivity contribution < 1.29 is 10.2 Å². The summed E-state index contributed by atoms with van der Waals surface area (Å²) in [6.45, 7) is 2.32. The van der Waals surface area contributed by atoms with E-state index < -0.39 is 5.60 Å². The molecule has 3 aliphatic carbocycles. The molecule has 1 unspecified atom stereocenters. The van der Waals surface area contributed by atoms with Crippen LogP contribution in [-0.4, -0.2) is 22.4 Å². The van der Waals surface area contributed by atoms with E-state index in [1.165, 1.54) is 19.3 Å². The van der Waals surface area contributed by atoms with E-state index in [-0.39, 0.29) is 6.61 Å². The first-order valence-electron chi connectivity index (χ1n) is 5.96. The molecule has 3 saturated carbocycles. The zero-order valence-electron chi connectivity index (χ0n) is 8.87. The molecule has 2 nitrogen and oxygen atoms in total. The molecule has 4 bridgehead atoms. The van der Waals surface area contributed by atoms with Gasteiger partial charge in [-0.1, -0.05) is 13.3 Å². The van der Waals surface area contributed by atoms with Crippen molar-refractivity contribution in [2.45, 2.75) is 44.6 Å². The second-order valence-electron chi connectivity index (χ2n) is 5.89. The third kappa shape index (κ3) is 0.772. The van der Waals surface area contributed by atoms with Gasteiger partial charge in [-0.3, -0.25) is 0 Å². The SMILES string of the molecule is C[C@@]12CC[C@H]3C1CCC[C@@H]2[C@]3(O)CO. The largest absolute Gasteiger partial charge is 0.393 e. The lowest BCUT2D eigenvalue weighted by Crippen LogP contribution is -2.48. The van der Waals surface area contributed by atoms with Crippen molar-refractivity contribution >= 4 is 0 Å². The van der Waals surface area contributed by atoms with E-state index in [9.17, 15) is 10.2 Å². The van der Waals surface area contributed by atoms with Gasteiger partial charge in [0.1, 0.15) is 0 Å². The highest BCUT2D eigenvalue weighted by Gasteiger charge is 2.68. The lowest BCUT2D eigenvalue weighted by atomic mass is 9.63. The Balaban J connectivity index is 2.07. The maximum atomic E-state index is 10.6. The summed E-state index contributed by atoms with van der Waals surface area (Å²) in [7, 11) is 0. The first kappa shape index (κ1) is 9.17. The van der Waals surface area contributed by atoms with Crippen molar-refractivity contribution in [3.63, 3.8) is 0 Å². The van der Waals surface area contributed by atoms with Crippen molar-refractivity contribution in [2.24, 2.45) is 23.2 Å². The molecule has 0 amide bonds. The molecule has 0 spiro atoms. The number of rotatable bonds is 1. The fourth-order valence-electron chi connectivity index (χ4n) is 5.05. The number of hydrogen-bond donors (Lipinski definition) is 2. The topological polar surface area (TPSA) is 40.5 Å². The van der Waals surface area contributed by atoms with E-state index in [1.807, 2.05) is 0 Å². The van der Waals surface area contributed by atoms with E-state index in [4.69, 9.17) is 0 Å². The summed E-state index contributed by atoms with van der Waals surface area (Å²) in [4.78, 5) is 0. The molecule has 0 radical (unpaired) electrons. The zero-order chi connectivity index (χ0) is 9.97. The molecule has 0 heterocycles. The average Bonchev–Trinajstić information content (AvgIpc) is 2.54. The van der Waals surface area contributed by atoms with Crippen LogP contribution in [0.5, 0.6) is 0 Å². The molecule has 0 aliphatic heterocycles. The van der Waals surface area contributed by atoms with Crippen LogP contribution in [0.2, 0.25) is 0 Å². The van der Waals surface area contributed by atoms with Crippen LogP contribution in [0.4, 0.5) is 0 Å². The molecule has 3 rings (SSSR count). The molecule has 2 heteroatoms. The summed E-state index contributed by atoms with van der Waals surface area (Å²) < 4.78 is 0. The Hall–Kier alpha value is -0.0800.